The van der Waals surface area contributed by atoms with E-state index >= 15 is 0 Å². The number of carboxylic acid groups (broad SMARTS) is 3. The molecule has 0 fully saturated rings. The number of hydrogen-bond acceptors (Lipinski definition) is 7. The van der Waals surface area contributed by atoms with Crippen molar-refractivity contribution in [3.05, 3.63) is 0 Å². The van der Waals surface area contributed by atoms with Gasteiger partial charge in [0.15, 0.2) is 0 Å². The van der Waals surface area contributed by atoms with E-state index in [4.69, 9.17) is 21.1 Å². The Balaban J connectivity index is 4.99. The molecule has 158 valence electrons. The van der Waals surface area contributed by atoms with Gasteiger partial charge in [-0.05, 0) is 19.8 Å². The topological polar surface area (TPSA) is 225 Å². The molecule has 13 heteroatoms. The summed E-state index contributed by atoms with van der Waals surface area (Å²) in [5.74, 6) is -6.44. The average molecular weight is 404 g/mol. The van der Waals surface area contributed by atoms with E-state index in [1.54, 1.807) is 0 Å². The van der Waals surface area contributed by atoms with Gasteiger partial charge in [0.05, 0.1) is 12.6 Å². The minimum absolute atomic E-state index is 0.348. The maximum atomic E-state index is 12.3. The number of carbonyl (C=O) groups excluding carboxylic acids is 3. The Kier molecular flexibility index (Phi) is 10.8. The lowest BCUT2D eigenvalue weighted by Crippen LogP contribution is -2.53. The van der Waals surface area contributed by atoms with Crippen LogP contribution in [-0.4, -0.2) is 75.6 Å². The van der Waals surface area contributed by atoms with Crippen molar-refractivity contribution in [3.8, 4) is 0 Å². The van der Waals surface area contributed by atoms with E-state index in [0.29, 0.717) is 0 Å². The second-order valence-electron chi connectivity index (χ2n) is 5.89. The monoisotopic (exact) mass is 404 g/mol. The van der Waals surface area contributed by atoms with Crippen LogP contribution >= 0.6 is 0 Å². The van der Waals surface area contributed by atoms with Gasteiger partial charge in [0.2, 0.25) is 17.7 Å². The highest BCUT2D eigenvalue weighted by molar-refractivity contribution is 5.92. The number of nitrogens with two attached hydrogens (primary N) is 1. The Morgan fingerprint density at radius 2 is 1.32 bits per heavy atom. The molecule has 8 N–H and O–H groups in total. The molecule has 3 unspecified atom stereocenters. The third-order valence-corrected chi connectivity index (χ3v) is 3.40. The van der Waals surface area contributed by atoms with Crippen molar-refractivity contribution < 1.29 is 44.1 Å². The maximum absolute atomic E-state index is 12.3. The fourth-order valence-electron chi connectivity index (χ4n) is 1.91. The second-order valence-corrected chi connectivity index (χ2v) is 5.89. The number of hydrogen-bond donors (Lipinski definition) is 7. The molecular formula is C15H24N4O9. The number of amides is 3. The summed E-state index contributed by atoms with van der Waals surface area (Å²) in [7, 11) is 0. The van der Waals surface area contributed by atoms with Gasteiger partial charge in [0.25, 0.3) is 0 Å². The minimum atomic E-state index is -1.54. The molecule has 0 aliphatic rings. The van der Waals surface area contributed by atoms with Crippen molar-refractivity contribution in [3.63, 3.8) is 0 Å². The molecule has 0 aromatic carbocycles. The summed E-state index contributed by atoms with van der Waals surface area (Å²) in [5.41, 5.74) is 5.31. The number of rotatable bonds is 13. The molecule has 0 spiro atoms. The van der Waals surface area contributed by atoms with Gasteiger partial charge in [0, 0.05) is 12.8 Å². The van der Waals surface area contributed by atoms with Crippen LogP contribution in [0.3, 0.4) is 0 Å². The van der Waals surface area contributed by atoms with Crippen LogP contribution in [0, 0.1) is 0 Å². The van der Waals surface area contributed by atoms with Crippen LogP contribution in [0.2, 0.25) is 0 Å². The first kappa shape index (κ1) is 24.8. The highest BCUT2D eigenvalue weighted by atomic mass is 16.4. The van der Waals surface area contributed by atoms with Crippen LogP contribution < -0.4 is 21.7 Å². The largest absolute Gasteiger partial charge is 0.481 e. The quantitative estimate of drug-likeness (QED) is 0.167. The van der Waals surface area contributed by atoms with Crippen molar-refractivity contribution in [2.24, 2.45) is 5.73 Å². The Hall–Kier alpha value is -3.22. The van der Waals surface area contributed by atoms with Crippen LogP contribution in [0.25, 0.3) is 0 Å². The van der Waals surface area contributed by atoms with Crippen LogP contribution in [-0.2, 0) is 28.8 Å². The van der Waals surface area contributed by atoms with E-state index in [-0.39, 0.29) is 6.42 Å². The molecular weight excluding hydrogens is 380 g/mol. The van der Waals surface area contributed by atoms with Crippen molar-refractivity contribution in [2.45, 2.75) is 50.7 Å². The Bertz CT molecular complexity index is 621. The van der Waals surface area contributed by atoms with E-state index in [1.807, 2.05) is 0 Å². The first-order valence-corrected chi connectivity index (χ1v) is 8.23. The van der Waals surface area contributed by atoms with E-state index in [2.05, 4.69) is 16.0 Å². The second kappa shape index (κ2) is 12.2. The van der Waals surface area contributed by atoms with E-state index in [9.17, 15) is 28.8 Å². The van der Waals surface area contributed by atoms with E-state index in [1.165, 1.54) is 6.92 Å². The fraction of sp³-hybridized carbons (Fsp3) is 0.600. The zero-order valence-electron chi connectivity index (χ0n) is 15.1. The highest BCUT2D eigenvalue weighted by Gasteiger charge is 2.27. The van der Waals surface area contributed by atoms with Crippen LogP contribution in [0.4, 0.5) is 0 Å². The number of carboxylic acids is 3. The molecule has 0 aromatic heterocycles. The molecule has 0 bridgehead atoms. The van der Waals surface area contributed by atoms with Gasteiger partial charge in [-0.2, -0.15) is 0 Å². The summed E-state index contributed by atoms with van der Waals surface area (Å²) in [4.78, 5) is 67.9. The van der Waals surface area contributed by atoms with Crippen LogP contribution in [0.5, 0.6) is 0 Å². The molecule has 0 aliphatic heterocycles. The first-order chi connectivity index (χ1) is 12.9. The van der Waals surface area contributed by atoms with Gasteiger partial charge >= 0.3 is 17.9 Å². The third-order valence-electron chi connectivity index (χ3n) is 3.40. The molecule has 3 amide bonds. The molecule has 0 saturated heterocycles. The molecule has 0 rings (SSSR count). The van der Waals surface area contributed by atoms with Crippen molar-refractivity contribution >= 4 is 35.6 Å². The van der Waals surface area contributed by atoms with Crippen molar-refractivity contribution in [1.29, 1.82) is 0 Å². The van der Waals surface area contributed by atoms with E-state index in [0.717, 1.165) is 0 Å². The molecule has 28 heavy (non-hydrogen) atoms. The minimum Gasteiger partial charge on any atom is -0.481 e. The number of carbonyl (C=O) groups is 6. The molecule has 0 aliphatic carbocycles. The first-order valence-electron chi connectivity index (χ1n) is 8.23. The molecule has 3 atom stereocenters. The summed E-state index contributed by atoms with van der Waals surface area (Å²) in [5, 5.41) is 32.9. The predicted octanol–water partition coefficient (Wildman–Crippen LogP) is -2.77. The lowest BCUT2D eigenvalue weighted by atomic mass is 10.1. The van der Waals surface area contributed by atoms with Gasteiger partial charge in [-0.25, -0.2) is 4.79 Å². The van der Waals surface area contributed by atoms with Crippen molar-refractivity contribution in [1.82, 2.24) is 16.0 Å². The average Bonchev–Trinajstić information content (AvgIpc) is 2.58. The SMILES string of the molecule is CC(N)C(=O)NCC(=O)NC(CCC(=O)O)C(=O)NC(CCC(=O)O)C(=O)O. The lowest BCUT2D eigenvalue weighted by Gasteiger charge is -2.21. The Morgan fingerprint density at radius 3 is 1.75 bits per heavy atom. The third kappa shape index (κ3) is 10.7. The molecule has 0 radical (unpaired) electrons. The summed E-state index contributed by atoms with van der Waals surface area (Å²) in [6.07, 6.45) is -1.77. The van der Waals surface area contributed by atoms with Gasteiger partial charge in [-0.3, -0.25) is 24.0 Å². The van der Waals surface area contributed by atoms with Crippen molar-refractivity contribution in [2.75, 3.05) is 6.54 Å². The zero-order valence-corrected chi connectivity index (χ0v) is 15.1. The molecule has 0 heterocycles. The summed E-state index contributed by atoms with van der Waals surface area (Å²) < 4.78 is 0. The highest BCUT2D eigenvalue weighted by Crippen LogP contribution is 2.03. The zero-order chi connectivity index (χ0) is 21.9. The Morgan fingerprint density at radius 1 is 0.821 bits per heavy atom. The van der Waals surface area contributed by atoms with Gasteiger partial charge in [-0.15, -0.1) is 0 Å². The van der Waals surface area contributed by atoms with E-state index < -0.39 is 79.6 Å². The molecule has 0 aromatic rings. The smallest absolute Gasteiger partial charge is 0.326 e. The van der Waals surface area contributed by atoms with Crippen LogP contribution in [0.15, 0.2) is 0 Å². The lowest BCUT2D eigenvalue weighted by molar-refractivity contribution is -0.144. The standard InChI is InChI=1S/C15H24N4O9/c1-7(16)13(25)17-6-10(20)18-8(2-4-11(21)22)14(26)19-9(15(27)28)3-5-12(23)24/h7-9H,2-6,16H2,1H3,(H,17,25)(H,18,20)(H,19,26)(H,21,22)(H,23,24)(H,27,28). The summed E-state index contributed by atoms with van der Waals surface area (Å²) in [6.45, 7) is 0.859. The fourth-order valence-corrected chi connectivity index (χ4v) is 1.91. The summed E-state index contributed by atoms with van der Waals surface area (Å²) >= 11 is 0. The van der Waals surface area contributed by atoms with Gasteiger partial charge < -0.3 is 37.0 Å². The van der Waals surface area contributed by atoms with Gasteiger partial charge in [0.1, 0.15) is 12.1 Å². The van der Waals surface area contributed by atoms with Crippen LogP contribution in [0.1, 0.15) is 32.6 Å². The maximum Gasteiger partial charge on any atom is 0.326 e. The Labute approximate surface area is 159 Å². The molecule has 13 nitrogen and oxygen atoms in total. The normalized spacial score (nSPS) is 13.5. The van der Waals surface area contributed by atoms with Gasteiger partial charge in [-0.1, -0.05) is 0 Å². The summed E-state index contributed by atoms with van der Waals surface area (Å²) in [6, 6.07) is -3.81. The predicted molar refractivity (Wildman–Crippen MR) is 91.9 cm³/mol. The number of nitrogens with one attached hydrogen (secondary N) is 3. The number of aliphatic carboxylic acids is 3. The molecule has 0 saturated carbocycles.